The van der Waals surface area contributed by atoms with E-state index in [0.29, 0.717) is 12.4 Å². The van der Waals surface area contributed by atoms with Gasteiger partial charge >= 0.3 is 5.97 Å². The van der Waals surface area contributed by atoms with Gasteiger partial charge in [0.25, 0.3) is 0 Å². The molecule has 2 aromatic rings. The van der Waals surface area contributed by atoms with Crippen LogP contribution in [0.1, 0.15) is 57.9 Å². The summed E-state index contributed by atoms with van der Waals surface area (Å²) in [4.78, 5) is 12.1. The lowest BCUT2D eigenvalue weighted by Crippen LogP contribution is -2.13. The van der Waals surface area contributed by atoms with Crippen LogP contribution in [0.4, 0.5) is 0 Å². The SMILES string of the molecule is CCCCCCOc1ccc(C=CC(=O)Oc2ccc(OCCC(CC)OC)cc2)cc1. The first-order valence-electron chi connectivity index (χ1n) is 11.5. The number of unbranched alkanes of at least 4 members (excludes halogenated alkanes) is 3. The quantitative estimate of drug-likeness (QED) is 0.138. The van der Waals surface area contributed by atoms with Gasteiger partial charge in [-0.1, -0.05) is 45.2 Å². The van der Waals surface area contributed by atoms with Crippen molar-refractivity contribution in [1.29, 1.82) is 0 Å². The molecule has 0 aliphatic heterocycles. The Morgan fingerprint density at radius 3 is 2.09 bits per heavy atom. The lowest BCUT2D eigenvalue weighted by molar-refractivity contribution is -0.128. The summed E-state index contributed by atoms with van der Waals surface area (Å²) in [7, 11) is 1.71. The van der Waals surface area contributed by atoms with Gasteiger partial charge < -0.3 is 18.9 Å². The topological polar surface area (TPSA) is 54.0 Å². The number of hydrogen-bond acceptors (Lipinski definition) is 5. The second-order valence-corrected chi connectivity index (χ2v) is 7.61. The summed E-state index contributed by atoms with van der Waals surface area (Å²) >= 11 is 0. The third kappa shape index (κ3) is 10.0. The summed E-state index contributed by atoms with van der Waals surface area (Å²) in [6, 6.07) is 14.7. The van der Waals surface area contributed by atoms with Crippen LogP contribution in [0.2, 0.25) is 0 Å². The van der Waals surface area contributed by atoms with E-state index in [-0.39, 0.29) is 6.10 Å². The Labute approximate surface area is 192 Å². The summed E-state index contributed by atoms with van der Waals surface area (Å²) in [5.74, 6) is 1.62. The number of hydrogen-bond donors (Lipinski definition) is 0. The van der Waals surface area contributed by atoms with Crippen molar-refractivity contribution in [3.05, 3.63) is 60.2 Å². The predicted molar refractivity (Wildman–Crippen MR) is 128 cm³/mol. The normalized spacial score (nSPS) is 12.0. The van der Waals surface area contributed by atoms with Crippen molar-refractivity contribution in [2.24, 2.45) is 0 Å². The lowest BCUT2D eigenvalue weighted by atomic mass is 10.2. The van der Waals surface area contributed by atoms with Gasteiger partial charge in [0.05, 0.1) is 19.3 Å². The fourth-order valence-electron chi connectivity index (χ4n) is 3.11. The zero-order chi connectivity index (χ0) is 23.0. The highest BCUT2D eigenvalue weighted by atomic mass is 16.5. The molecule has 0 saturated heterocycles. The molecule has 0 N–H and O–H groups in total. The van der Waals surface area contributed by atoms with Crippen LogP contribution < -0.4 is 14.2 Å². The highest BCUT2D eigenvalue weighted by molar-refractivity contribution is 5.88. The zero-order valence-corrected chi connectivity index (χ0v) is 19.5. The van der Waals surface area contributed by atoms with E-state index in [1.807, 2.05) is 24.3 Å². The van der Waals surface area contributed by atoms with Gasteiger partial charge in [-0.25, -0.2) is 4.79 Å². The molecule has 1 atom stereocenters. The lowest BCUT2D eigenvalue weighted by Gasteiger charge is -2.13. The van der Waals surface area contributed by atoms with E-state index in [9.17, 15) is 4.79 Å². The van der Waals surface area contributed by atoms with E-state index in [0.717, 1.165) is 42.9 Å². The smallest absolute Gasteiger partial charge is 0.336 e. The van der Waals surface area contributed by atoms with Crippen molar-refractivity contribution in [1.82, 2.24) is 0 Å². The van der Waals surface area contributed by atoms with E-state index in [1.165, 1.54) is 25.3 Å². The second kappa shape index (κ2) is 15.1. The molecule has 2 aromatic carbocycles. The highest BCUT2D eigenvalue weighted by Gasteiger charge is 2.05. The van der Waals surface area contributed by atoms with Crippen molar-refractivity contribution < 1.29 is 23.7 Å². The number of carbonyl (C=O) groups excluding carboxylic acids is 1. The number of esters is 1. The van der Waals surface area contributed by atoms with Crippen LogP contribution in [-0.2, 0) is 9.53 Å². The molecule has 2 rings (SSSR count). The molecule has 32 heavy (non-hydrogen) atoms. The molecule has 1 unspecified atom stereocenters. The van der Waals surface area contributed by atoms with Crippen molar-refractivity contribution >= 4 is 12.0 Å². The monoisotopic (exact) mass is 440 g/mol. The van der Waals surface area contributed by atoms with Crippen LogP contribution in [0.3, 0.4) is 0 Å². The van der Waals surface area contributed by atoms with Gasteiger partial charge in [-0.2, -0.15) is 0 Å². The number of rotatable bonds is 15. The first kappa shape index (κ1) is 25.5. The third-order valence-electron chi connectivity index (χ3n) is 5.10. The van der Waals surface area contributed by atoms with Gasteiger partial charge in [0, 0.05) is 19.6 Å². The molecule has 0 amide bonds. The van der Waals surface area contributed by atoms with Crippen LogP contribution in [0.25, 0.3) is 6.08 Å². The largest absolute Gasteiger partial charge is 0.494 e. The molecule has 5 heteroatoms. The second-order valence-electron chi connectivity index (χ2n) is 7.61. The first-order valence-corrected chi connectivity index (χ1v) is 11.5. The maximum atomic E-state index is 12.1. The first-order chi connectivity index (χ1) is 15.6. The van der Waals surface area contributed by atoms with E-state index < -0.39 is 5.97 Å². The van der Waals surface area contributed by atoms with Crippen LogP contribution in [0.5, 0.6) is 17.2 Å². The summed E-state index contributed by atoms with van der Waals surface area (Å²) < 4.78 is 22.1. The van der Waals surface area contributed by atoms with Crippen LogP contribution in [0.15, 0.2) is 54.6 Å². The van der Waals surface area contributed by atoms with Gasteiger partial charge in [-0.05, 0) is 60.9 Å². The fourth-order valence-corrected chi connectivity index (χ4v) is 3.11. The van der Waals surface area contributed by atoms with E-state index in [2.05, 4.69) is 13.8 Å². The van der Waals surface area contributed by atoms with Gasteiger partial charge in [-0.15, -0.1) is 0 Å². The molecule has 0 aliphatic rings. The average Bonchev–Trinajstić information content (AvgIpc) is 2.82. The minimum Gasteiger partial charge on any atom is -0.494 e. The number of ether oxygens (including phenoxy) is 4. The molecule has 0 aromatic heterocycles. The van der Waals surface area contributed by atoms with Gasteiger partial charge in [0.1, 0.15) is 17.2 Å². The molecule has 0 bridgehead atoms. The number of carbonyl (C=O) groups is 1. The summed E-state index contributed by atoms with van der Waals surface area (Å²) in [5, 5.41) is 0. The van der Waals surface area contributed by atoms with Crippen molar-refractivity contribution in [3.63, 3.8) is 0 Å². The Balaban J connectivity index is 1.73. The maximum absolute atomic E-state index is 12.1. The van der Waals surface area contributed by atoms with E-state index in [1.54, 1.807) is 37.5 Å². The van der Waals surface area contributed by atoms with Crippen molar-refractivity contribution in [2.45, 2.75) is 58.5 Å². The number of methoxy groups -OCH3 is 1. The minimum atomic E-state index is -0.430. The Morgan fingerprint density at radius 1 is 0.844 bits per heavy atom. The Morgan fingerprint density at radius 2 is 1.47 bits per heavy atom. The summed E-state index contributed by atoms with van der Waals surface area (Å²) in [6.07, 6.45) is 9.88. The minimum absolute atomic E-state index is 0.210. The molecule has 0 fully saturated rings. The molecule has 0 heterocycles. The summed E-state index contributed by atoms with van der Waals surface area (Å²) in [5.41, 5.74) is 0.908. The van der Waals surface area contributed by atoms with Crippen LogP contribution in [0, 0.1) is 0 Å². The van der Waals surface area contributed by atoms with Gasteiger partial charge in [-0.3, -0.25) is 0 Å². The molecule has 0 radical (unpaired) electrons. The Bertz CT molecular complexity index is 792. The molecule has 0 aliphatic carbocycles. The molecule has 174 valence electrons. The standard InChI is InChI=1S/C27H36O5/c1-4-6-7-8-20-30-24-12-9-22(10-13-24)11-18-27(28)32-26-16-14-25(15-17-26)31-21-19-23(5-2)29-3/h9-18,23H,4-8,19-21H2,1-3H3. The van der Waals surface area contributed by atoms with Gasteiger partial charge in [0.2, 0.25) is 0 Å². The molecular formula is C27H36O5. The van der Waals surface area contributed by atoms with E-state index >= 15 is 0 Å². The van der Waals surface area contributed by atoms with Crippen LogP contribution in [-0.4, -0.2) is 32.4 Å². The van der Waals surface area contributed by atoms with Gasteiger partial charge in [0.15, 0.2) is 0 Å². The fraction of sp³-hybridized carbons (Fsp3) is 0.444. The van der Waals surface area contributed by atoms with Crippen molar-refractivity contribution in [2.75, 3.05) is 20.3 Å². The molecule has 0 spiro atoms. The van der Waals surface area contributed by atoms with E-state index in [4.69, 9.17) is 18.9 Å². The Hall–Kier alpha value is -2.79. The molecule has 5 nitrogen and oxygen atoms in total. The maximum Gasteiger partial charge on any atom is 0.336 e. The average molecular weight is 441 g/mol. The molecule has 0 saturated carbocycles. The summed E-state index contributed by atoms with van der Waals surface area (Å²) in [6.45, 7) is 5.60. The van der Waals surface area contributed by atoms with Crippen LogP contribution >= 0.6 is 0 Å². The molecular weight excluding hydrogens is 404 g/mol. The predicted octanol–water partition coefficient (Wildman–Crippen LogP) is 6.46. The highest BCUT2D eigenvalue weighted by Crippen LogP contribution is 2.19. The third-order valence-corrected chi connectivity index (χ3v) is 5.10. The Kier molecular flexibility index (Phi) is 12.0. The zero-order valence-electron chi connectivity index (χ0n) is 19.5. The van der Waals surface area contributed by atoms with Crippen molar-refractivity contribution in [3.8, 4) is 17.2 Å². The number of benzene rings is 2.